The topological polar surface area (TPSA) is 44.7 Å². The van der Waals surface area contributed by atoms with Gasteiger partial charge in [0.05, 0.1) is 6.04 Å². The lowest BCUT2D eigenvalue weighted by molar-refractivity contribution is 0.189. The second kappa shape index (κ2) is 6.67. The smallest absolute Gasteiger partial charge is 0.127 e. The molecule has 3 rings (SSSR count). The molecule has 0 bridgehead atoms. The minimum absolute atomic E-state index is 0.266. The van der Waals surface area contributed by atoms with E-state index in [0.29, 0.717) is 6.61 Å². The van der Waals surface area contributed by atoms with Crippen LogP contribution in [0.5, 0.6) is 11.5 Å². The normalized spacial score (nSPS) is 23.0. The van der Waals surface area contributed by atoms with Gasteiger partial charge in [-0.1, -0.05) is 6.92 Å². The Morgan fingerprint density at radius 2 is 2.14 bits per heavy atom. The number of phenols is 1. The highest BCUT2D eigenvalue weighted by Crippen LogP contribution is 2.34. The number of nitrogens with zero attached hydrogens (tertiary/aromatic N) is 1. The second-order valence-electron chi connectivity index (χ2n) is 6.42. The van der Waals surface area contributed by atoms with Crippen molar-refractivity contribution in [3.05, 3.63) is 23.8 Å². The Kier molecular flexibility index (Phi) is 4.66. The summed E-state index contributed by atoms with van der Waals surface area (Å²) in [6, 6.07) is 5.66. The number of aromatic hydroxyl groups is 1. The molecule has 4 heteroatoms. The summed E-state index contributed by atoms with van der Waals surface area (Å²) in [4.78, 5) is 2.58. The summed E-state index contributed by atoms with van der Waals surface area (Å²) in [5.74, 6) is 1.99. The zero-order chi connectivity index (χ0) is 14.7. The number of piperidine rings is 1. The molecule has 21 heavy (non-hydrogen) atoms. The molecule has 1 aromatic carbocycles. The van der Waals surface area contributed by atoms with E-state index in [0.717, 1.165) is 18.2 Å². The van der Waals surface area contributed by atoms with Gasteiger partial charge in [0.15, 0.2) is 0 Å². The van der Waals surface area contributed by atoms with Crippen LogP contribution in [0.15, 0.2) is 18.2 Å². The average Bonchev–Trinajstić information content (AvgIpc) is 2.87. The van der Waals surface area contributed by atoms with Crippen molar-refractivity contribution in [3.8, 4) is 11.5 Å². The monoisotopic (exact) mass is 290 g/mol. The van der Waals surface area contributed by atoms with E-state index in [2.05, 4.69) is 17.1 Å². The molecule has 4 nitrogen and oxygen atoms in total. The van der Waals surface area contributed by atoms with E-state index in [1.54, 1.807) is 12.1 Å². The lowest BCUT2D eigenvalue weighted by atomic mass is 9.99. The Labute approximate surface area is 127 Å². The van der Waals surface area contributed by atoms with Gasteiger partial charge in [-0.25, -0.2) is 0 Å². The summed E-state index contributed by atoms with van der Waals surface area (Å²) in [7, 11) is 0. The van der Waals surface area contributed by atoms with Crippen LogP contribution in [-0.4, -0.2) is 42.8 Å². The van der Waals surface area contributed by atoms with E-state index >= 15 is 0 Å². The highest BCUT2D eigenvalue weighted by atomic mass is 16.5. The first-order valence-electron chi connectivity index (χ1n) is 8.14. The van der Waals surface area contributed by atoms with E-state index in [1.165, 1.54) is 44.5 Å². The third kappa shape index (κ3) is 3.69. The first-order chi connectivity index (χ1) is 10.2. The van der Waals surface area contributed by atoms with Crippen LogP contribution in [0.2, 0.25) is 0 Å². The van der Waals surface area contributed by atoms with Crippen LogP contribution in [0.3, 0.4) is 0 Å². The first kappa shape index (κ1) is 14.7. The van der Waals surface area contributed by atoms with E-state index in [4.69, 9.17) is 4.74 Å². The summed E-state index contributed by atoms with van der Waals surface area (Å²) < 4.78 is 5.62. The van der Waals surface area contributed by atoms with Crippen LogP contribution >= 0.6 is 0 Å². The van der Waals surface area contributed by atoms with Crippen LogP contribution in [-0.2, 0) is 0 Å². The number of likely N-dealkylation sites (tertiary alicyclic amines) is 1. The predicted octanol–water partition coefficient (Wildman–Crippen LogP) is 2.54. The Morgan fingerprint density at radius 3 is 2.95 bits per heavy atom. The molecule has 2 aliphatic rings. The fourth-order valence-electron chi connectivity index (χ4n) is 3.23. The molecule has 1 saturated heterocycles. The van der Waals surface area contributed by atoms with Gasteiger partial charge in [0.1, 0.15) is 18.1 Å². The zero-order valence-electron chi connectivity index (χ0n) is 12.8. The molecule has 2 aliphatic heterocycles. The van der Waals surface area contributed by atoms with E-state index in [1.807, 2.05) is 6.07 Å². The molecule has 0 aromatic heterocycles. The maximum atomic E-state index is 9.45. The lowest BCUT2D eigenvalue weighted by Gasteiger charge is -2.30. The summed E-state index contributed by atoms with van der Waals surface area (Å²) in [5, 5.41) is 13.0. The molecule has 0 aliphatic carbocycles. The average molecular weight is 290 g/mol. The molecular weight excluding hydrogens is 264 g/mol. The number of nitrogens with one attached hydrogen (secondary N) is 1. The van der Waals surface area contributed by atoms with Crippen LogP contribution in [0.25, 0.3) is 0 Å². The van der Waals surface area contributed by atoms with Crippen LogP contribution in [0.1, 0.15) is 37.8 Å². The number of fused-ring (bicyclic) bond motifs is 1. The fraction of sp³-hybridized carbons (Fsp3) is 0.647. The standard InChI is InChI=1S/C17H26N2O2/c1-13-5-9-19(10-6-13)8-2-7-18-16-12-21-17-11-14(20)3-4-15(16)17/h3-4,11,13,16,18,20H,2,5-10,12H2,1H3. The maximum absolute atomic E-state index is 9.45. The van der Waals surface area contributed by atoms with Crippen molar-refractivity contribution in [3.63, 3.8) is 0 Å². The van der Waals surface area contributed by atoms with Crippen molar-refractivity contribution >= 4 is 0 Å². The van der Waals surface area contributed by atoms with Crippen molar-refractivity contribution in [2.24, 2.45) is 5.92 Å². The van der Waals surface area contributed by atoms with Crippen LogP contribution in [0.4, 0.5) is 0 Å². The van der Waals surface area contributed by atoms with E-state index in [-0.39, 0.29) is 11.8 Å². The van der Waals surface area contributed by atoms with Gasteiger partial charge in [-0.15, -0.1) is 0 Å². The molecule has 116 valence electrons. The number of hydrogen-bond donors (Lipinski definition) is 2. The quantitative estimate of drug-likeness (QED) is 0.818. The Balaban J connectivity index is 1.39. The SMILES string of the molecule is CC1CCN(CCCNC2COc3cc(O)ccc32)CC1. The molecular formula is C17H26N2O2. The fourth-order valence-corrected chi connectivity index (χ4v) is 3.23. The van der Waals surface area contributed by atoms with Gasteiger partial charge >= 0.3 is 0 Å². The Hall–Kier alpha value is -1.26. The summed E-state index contributed by atoms with van der Waals surface area (Å²) >= 11 is 0. The lowest BCUT2D eigenvalue weighted by Crippen LogP contribution is -2.35. The van der Waals surface area contributed by atoms with Crippen molar-refractivity contribution < 1.29 is 9.84 Å². The van der Waals surface area contributed by atoms with Crippen molar-refractivity contribution in [1.82, 2.24) is 10.2 Å². The molecule has 2 N–H and O–H groups in total. The van der Waals surface area contributed by atoms with Gasteiger partial charge in [0.25, 0.3) is 0 Å². The highest BCUT2D eigenvalue weighted by molar-refractivity contribution is 5.44. The zero-order valence-corrected chi connectivity index (χ0v) is 12.8. The molecule has 1 unspecified atom stereocenters. The molecule has 1 fully saturated rings. The van der Waals surface area contributed by atoms with E-state index < -0.39 is 0 Å². The van der Waals surface area contributed by atoms with Crippen LogP contribution in [0, 0.1) is 5.92 Å². The second-order valence-corrected chi connectivity index (χ2v) is 6.42. The Morgan fingerprint density at radius 1 is 1.33 bits per heavy atom. The molecule has 0 amide bonds. The van der Waals surface area contributed by atoms with Gasteiger partial charge in [0.2, 0.25) is 0 Å². The third-order valence-corrected chi connectivity index (χ3v) is 4.70. The number of hydrogen-bond acceptors (Lipinski definition) is 4. The van der Waals surface area contributed by atoms with Gasteiger partial charge in [0, 0.05) is 11.6 Å². The van der Waals surface area contributed by atoms with E-state index in [9.17, 15) is 5.11 Å². The number of ether oxygens (including phenoxy) is 1. The molecule has 2 heterocycles. The van der Waals surface area contributed by atoms with Gasteiger partial charge < -0.3 is 20.1 Å². The van der Waals surface area contributed by atoms with Crippen molar-refractivity contribution in [1.29, 1.82) is 0 Å². The molecule has 1 atom stereocenters. The maximum Gasteiger partial charge on any atom is 0.127 e. The molecule has 0 spiro atoms. The highest BCUT2D eigenvalue weighted by Gasteiger charge is 2.23. The first-order valence-corrected chi connectivity index (χ1v) is 8.14. The van der Waals surface area contributed by atoms with Crippen LogP contribution < -0.4 is 10.1 Å². The predicted molar refractivity (Wildman–Crippen MR) is 83.8 cm³/mol. The Bertz CT molecular complexity index is 470. The van der Waals surface area contributed by atoms with Crippen molar-refractivity contribution in [2.75, 3.05) is 32.8 Å². The third-order valence-electron chi connectivity index (χ3n) is 4.70. The van der Waals surface area contributed by atoms with Gasteiger partial charge in [-0.2, -0.15) is 0 Å². The van der Waals surface area contributed by atoms with Gasteiger partial charge in [-0.3, -0.25) is 0 Å². The molecule has 0 radical (unpaired) electrons. The molecule has 1 aromatic rings. The number of phenolic OH excluding ortho intramolecular Hbond substituents is 1. The minimum atomic E-state index is 0.266. The largest absolute Gasteiger partial charge is 0.508 e. The van der Waals surface area contributed by atoms with Gasteiger partial charge in [-0.05, 0) is 63.5 Å². The number of rotatable bonds is 5. The number of benzene rings is 1. The molecule has 0 saturated carbocycles. The summed E-state index contributed by atoms with van der Waals surface area (Å²) in [5.41, 5.74) is 1.17. The summed E-state index contributed by atoms with van der Waals surface area (Å²) in [6.07, 6.45) is 3.87. The summed E-state index contributed by atoms with van der Waals surface area (Å²) in [6.45, 7) is 7.75. The minimum Gasteiger partial charge on any atom is -0.508 e. The van der Waals surface area contributed by atoms with Crippen molar-refractivity contribution in [2.45, 2.75) is 32.2 Å².